The third kappa shape index (κ3) is 7.12. The van der Waals surface area contributed by atoms with E-state index < -0.39 is 0 Å². The summed E-state index contributed by atoms with van der Waals surface area (Å²) < 4.78 is 11.0. The fourth-order valence-corrected chi connectivity index (χ4v) is 2.43. The van der Waals surface area contributed by atoms with Gasteiger partial charge in [-0.3, -0.25) is 0 Å². The van der Waals surface area contributed by atoms with Crippen LogP contribution in [0.4, 0.5) is 0 Å². The Morgan fingerprint density at radius 2 is 1.56 bits per heavy atom. The zero-order chi connectivity index (χ0) is 17.7. The molecule has 0 atom stereocenters. The number of methoxy groups -OCH3 is 1. The highest BCUT2D eigenvalue weighted by molar-refractivity contribution is 5.67. The SMILES string of the molecule is COc1ccc(CCCOc2ccc(CCN/C=C\C=N)cc2)cc1. The number of allylic oxidation sites excluding steroid dienone is 1. The van der Waals surface area contributed by atoms with E-state index in [1.54, 1.807) is 19.4 Å². The lowest BCUT2D eigenvalue weighted by atomic mass is 10.1. The van der Waals surface area contributed by atoms with Gasteiger partial charge in [0.15, 0.2) is 0 Å². The van der Waals surface area contributed by atoms with Gasteiger partial charge in [0.05, 0.1) is 13.7 Å². The van der Waals surface area contributed by atoms with Crippen molar-refractivity contribution in [1.29, 1.82) is 5.41 Å². The van der Waals surface area contributed by atoms with Crippen molar-refractivity contribution < 1.29 is 9.47 Å². The van der Waals surface area contributed by atoms with E-state index in [1.165, 1.54) is 17.3 Å². The van der Waals surface area contributed by atoms with Crippen LogP contribution in [-0.2, 0) is 12.8 Å². The molecule has 0 fully saturated rings. The normalized spacial score (nSPS) is 10.6. The molecule has 0 unspecified atom stereocenters. The average molecular weight is 338 g/mol. The molecule has 2 N–H and O–H groups in total. The van der Waals surface area contributed by atoms with Crippen molar-refractivity contribution in [3.8, 4) is 11.5 Å². The van der Waals surface area contributed by atoms with Crippen molar-refractivity contribution >= 4 is 6.21 Å². The summed E-state index contributed by atoms with van der Waals surface area (Å²) in [5, 5.41) is 10.0. The minimum absolute atomic E-state index is 0.710. The average Bonchev–Trinajstić information content (AvgIpc) is 2.66. The number of hydrogen-bond acceptors (Lipinski definition) is 4. The topological polar surface area (TPSA) is 54.3 Å². The molecule has 4 nitrogen and oxygen atoms in total. The molecule has 0 spiro atoms. The monoisotopic (exact) mass is 338 g/mol. The molecule has 4 heteroatoms. The second kappa shape index (κ2) is 10.9. The predicted molar refractivity (Wildman–Crippen MR) is 103 cm³/mol. The summed E-state index contributed by atoms with van der Waals surface area (Å²) in [6.07, 6.45) is 7.64. The van der Waals surface area contributed by atoms with Gasteiger partial charge in [0, 0.05) is 12.8 Å². The smallest absolute Gasteiger partial charge is 0.119 e. The summed E-state index contributed by atoms with van der Waals surface area (Å²) in [5.41, 5.74) is 2.56. The van der Waals surface area contributed by atoms with Gasteiger partial charge in [0.1, 0.15) is 11.5 Å². The molecule has 0 saturated carbocycles. The second-order valence-corrected chi connectivity index (χ2v) is 5.67. The van der Waals surface area contributed by atoms with Crippen LogP contribution in [0.25, 0.3) is 0 Å². The Kier molecular flexibility index (Phi) is 8.12. The predicted octanol–water partition coefficient (Wildman–Crippen LogP) is 4.00. The van der Waals surface area contributed by atoms with Crippen LogP contribution in [0.5, 0.6) is 11.5 Å². The molecule has 0 aliphatic rings. The molecule has 0 aromatic heterocycles. The molecule has 0 amide bonds. The summed E-state index contributed by atoms with van der Waals surface area (Å²) in [7, 11) is 1.68. The molecule has 132 valence electrons. The van der Waals surface area contributed by atoms with Crippen molar-refractivity contribution in [3.05, 3.63) is 71.9 Å². The van der Waals surface area contributed by atoms with Gasteiger partial charge in [-0.1, -0.05) is 24.3 Å². The van der Waals surface area contributed by atoms with E-state index >= 15 is 0 Å². The quantitative estimate of drug-likeness (QED) is 0.481. The standard InChI is InChI=1S/C21H26N2O2/c1-24-20-9-5-18(6-10-20)4-2-17-25-21-11-7-19(8-12-21)13-16-23-15-3-14-22/h3,5-12,14-15,22-23H,2,4,13,16-17H2,1H3/b15-3-,22-14?. The minimum Gasteiger partial charge on any atom is -0.497 e. The molecule has 0 bridgehead atoms. The zero-order valence-corrected chi connectivity index (χ0v) is 14.7. The largest absolute Gasteiger partial charge is 0.497 e. The number of aryl methyl sites for hydroxylation is 1. The first-order chi connectivity index (χ1) is 12.3. The van der Waals surface area contributed by atoms with Crippen LogP contribution in [-0.4, -0.2) is 26.5 Å². The molecule has 2 rings (SSSR count). The van der Waals surface area contributed by atoms with Gasteiger partial charge in [0.25, 0.3) is 0 Å². The van der Waals surface area contributed by atoms with Gasteiger partial charge in [-0.15, -0.1) is 0 Å². The Hall–Kier alpha value is -2.75. The first kappa shape index (κ1) is 18.6. The van der Waals surface area contributed by atoms with Crippen molar-refractivity contribution in [3.63, 3.8) is 0 Å². The minimum atomic E-state index is 0.710. The van der Waals surface area contributed by atoms with Crippen LogP contribution in [0.15, 0.2) is 60.8 Å². The number of hydrogen-bond donors (Lipinski definition) is 2. The maximum Gasteiger partial charge on any atom is 0.119 e. The Labute approximate surface area is 150 Å². The van der Waals surface area contributed by atoms with Crippen LogP contribution in [0, 0.1) is 5.41 Å². The first-order valence-corrected chi connectivity index (χ1v) is 8.55. The van der Waals surface area contributed by atoms with Crippen LogP contribution in [0.2, 0.25) is 0 Å². The fourth-order valence-electron chi connectivity index (χ4n) is 2.43. The van der Waals surface area contributed by atoms with E-state index in [0.717, 1.165) is 37.3 Å². The molecule has 2 aromatic rings. The summed E-state index contributed by atoms with van der Waals surface area (Å²) in [4.78, 5) is 0. The maximum atomic E-state index is 6.89. The summed E-state index contributed by atoms with van der Waals surface area (Å²) in [6, 6.07) is 16.4. The Balaban J connectivity index is 1.65. The lowest BCUT2D eigenvalue weighted by molar-refractivity contribution is 0.311. The van der Waals surface area contributed by atoms with Gasteiger partial charge < -0.3 is 20.2 Å². The molecule has 0 aliphatic heterocycles. The molecule has 0 aliphatic carbocycles. The van der Waals surface area contributed by atoms with Crippen molar-refractivity contribution in [2.24, 2.45) is 0 Å². The number of nitrogens with one attached hydrogen (secondary N) is 2. The lowest BCUT2D eigenvalue weighted by Gasteiger charge is -2.08. The van der Waals surface area contributed by atoms with E-state index in [-0.39, 0.29) is 0 Å². The van der Waals surface area contributed by atoms with Crippen molar-refractivity contribution in [2.75, 3.05) is 20.3 Å². The Bertz CT molecular complexity index is 649. The van der Waals surface area contributed by atoms with Crippen molar-refractivity contribution in [2.45, 2.75) is 19.3 Å². The van der Waals surface area contributed by atoms with Gasteiger partial charge in [-0.25, -0.2) is 0 Å². The molecule has 25 heavy (non-hydrogen) atoms. The fraction of sp³-hybridized carbons (Fsp3) is 0.286. The Morgan fingerprint density at radius 3 is 2.20 bits per heavy atom. The molecule has 2 aromatic carbocycles. The highest BCUT2D eigenvalue weighted by Crippen LogP contribution is 2.15. The van der Waals surface area contributed by atoms with E-state index in [2.05, 4.69) is 29.6 Å². The highest BCUT2D eigenvalue weighted by Gasteiger charge is 1.98. The third-order valence-corrected chi connectivity index (χ3v) is 3.83. The van der Waals surface area contributed by atoms with Crippen LogP contribution in [0.1, 0.15) is 17.5 Å². The number of rotatable bonds is 11. The highest BCUT2D eigenvalue weighted by atomic mass is 16.5. The first-order valence-electron chi connectivity index (χ1n) is 8.55. The molecular weight excluding hydrogens is 312 g/mol. The number of ether oxygens (including phenoxy) is 2. The second-order valence-electron chi connectivity index (χ2n) is 5.67. The molecule has 0 saturated heterocycles. The van der Waals surface area contributed by atoms with Gasteiger partial charge in [-0.05, 0) is 66.9 Å². The van der Waals surface area contributed by atoms with Crippen molar-refractivity contribution in [1.82, 2.24) is 5.32 Å². The van der Waals surface area contributed by atoms with Crippen LogP contribution in [0.3, 0.4) is 0 Å². The lowest BCUT2D eigenvalue weighted by Crippen LogP contribution is -2.09. The summed E-state index contributed by atoms with van der Waals surface area (Å²) in [5.74, 6) is 1.80. The van der Waals surface area contributed by atoms with E-state index in [4.69, 9.17) is 14.9 Å². The van der Waals surface area contributed by atoms with E-state index in [9.17, 15) is 0 Å². The zero-order valence-electron chi connectivity index (χ0n) is 14.7. The molecule has 0 heterocycles. The van der Waals surface area contributed by atoms with E-state index in [0.29, 0.717) is 6.61 Å². The summed E-state index contributed by atoms with van der Waals surface area (Å²) in [6.45, 7) is 1.56. The van der Waals surface area contributed by atoms with Crippen LogP contribution < -0.4 is 14.8 Å². The van der Waals surface area contributed by atoms with Gasteiger partial charge in [-0.2, -0.15) is 0 Å². The molecular formula is C21H26N2O2. The van der Waals surface area contributed by atoms with Gasteiger partial charge >= 0.3 is 0 Å². The summed E-state index contributed by atoms with van der Waals surface area (Å²) >= 11 is 0. The number of benzene rings is 2. The maximum absolute atomic E-state index is 6.89. The van der Waals surface area contributed by atoms with Crippen LogP contribution >= 0.6 is 0 Å². The Morgan fingerprint density at radius 1 is 0.920 bits per heavy atom. The third-order valence-electron chi connectivity index (χ3n) is 3.83. The van der Waals surface area contributed by atoms with Gasteiger partial charge in [0.2, 0.25) is 0 Å². The van der Waals surface area contributed by atoms with E-state index in [1.807, 2.05) is 24.3 Å². The molecule has 0 radical (unpaired) electrons.